The van der Waals surface area contributed by atoms with Crippen LogP contribution in [0.4, 0.5) is 0 Å². The lowest BCUT2D eigenvalue weighted by molar-refractivity contribution is 0.306. The molecule has 0 unspecified atom stereocenters. The van der Waals surface area contributed by atoms with Crippen LogP contribution >= 0.6 is 0 Å². The van der Waals surface area contributed by atoms with E-state index < -0.39 is 0 Å². The van der Waals surface area contributed by atoms with E-state index in [1.54, 1.807) is 12.1 Å². The minimum absolute atomic E-state index is 0.248. The molecule has 4 aromatic rings. The Hall–Kier alpha value is -3.99. The average Bonchev–Trinajstić information content (AvgIpc) is 3.45. The fourth-order valence-corrected chi connectivity index (χ4v) is 3.54. The summed E-state index contributed by atoms with van der Waals surface area (Å²) in [6.07, 6.45) is 5.97. The van der Waals surface area contributed by atoms with E-state index in [9.17, 15) is 5.11 Å². The van der Waals surface area contributed by atoms with E-state index in [0.717, 1.165) is 50.7 Å². The lowest BCUT2D eigenvalue weighted by Gasteiger charge is -2.05. The smallest absolute Gasteiger partial charge is 0.145 e. The first-order chi connectivity index (χ1) is 14.6. The quantitative estimate of drug-likeness (QED) is 0.398. The molecule has 0 atom stereocenters. The van der Waals surface area contributed by atoms with Gasteiger partial charge in [0.05, 0.1) is 22.8 Å². The van der Waals surface area contributed by atoms with E-state index in [1.165, 1.54) is 0 Å². The zero-order valence-corrected chi connectivity index (χ0v) is 16.5. The van der Waals surface area contributed by atoms with Crippen LogP contribution in [0.2, 0.25) is 0 Å². The molecule has 30 heavy (non-hydrogen) atoms. The van der Waals surface area contributed by atoms with E-state index in [1.807, 2.05) is 73.7 Å². The molecule has 0 spiro atoms. The third-order valence-electron chi connectivity index (χ3n) is 5.03. The Morgan fingerprint density at radius 3 is 2.60 bits per heavy atom. The first-order valence-electron chi connectivity index (χ1n) is 9.81. The van der Waals surface area contributed by atoms with E-state index in [-0.39, 0.29) is 5.75 Å². The standard InChI is InChI=1S/C25H21N3O2/c1-16-7-8-19(26-16)13-24-25(30-15-17-5-3-2-4-6-17)14-23(28-24)22-12-18-11-20(29)9-10-21(18)27-22/h2-14,27-29H,15H2,1H3. The van der Waals surface area contributed by atoms with Crippen molar-refractivity contribution < 1.29 is 9.84 Å². The molecule has 2 aromatic carbocycles. The molecule has 3 heterocycles. The number of hydrogen-bond donors (Lipinski definition) is 3. The number of rotatable bonds is 5. The Kier molecular flexibility index (Phi) is 4.48. The highest BCUT2D eigenvalue weighted by Gasteiger charge is 2.13. The summed E-state index contributed by atoms with van der Waals surface area (Å²) >= 11 is 0. The van der Waals surface area contributed by atoms with Gasteiger partial charge in [-0.3, -0.25) is 4.99 Å². The van der Waals surface area contributed by atoms with Crippen molar-refractivity contribution in [2.45, 2.75) is 13.5 Å². The largest absolute Gasteiger partial charge is 0.508 e. The number of hydrogen-bond acceptors (Lipinski definition) is 3. The maximum atomic E-state index is 9.75. The monoisotopic (exact) mass is 395 g/mol. The second-order valence-electron chi connectivity index (χ2n) is 7.35. The van der Waals surface area contributed by atoms with Gasteiger partial charge in [0.25, 0.3) is 0 Å². The number of aromatic nitrogens is 2. The molecule has 0 saturated heterocycles. The summed E-state index contributed by atoms with van der Waals surface area (Å²) in [6, 6.07) is 19.4. The zero-order chi connectivity index (χ0) is 20.5. The Labute approximate surface area is 174 Å². The number of benzene rings is 2. The van der Waals surface area contributed by atoms with Gasteiger partial charge < -0.3 is 19.8 Å². The van der Waals surface area contributed by atoms with Gasteiger partial charge in [-0.25, -0.2) is 0 Å². The summed E-state index contributed by atoms with van der Waals surface area (Å²) in [5, 5.41) is 10.7. The van der Waals surface area contributed by atoms with Crippen molar-refractivity contribution in [3.8, 4) is 22.9 Å². The van der Waals surface area contributed by atoms with Crippen LogP contribution in [-0.2, 0) is 6.61 Å². The van der Waals surface area contributed by atoms with Crippen LogP contribution in [0, 0.1) is 0 Å². The highest BCUT2D eigenvalue weighted by atomic mass is 16.5. The first-order valence-corrected chi connectivity index (χ1v) is 9.81. The van der Waals surface area contributed by atoms with Gasteiger partial charge in [-0.1, -0.05) is 30.3 Å². The number of nitrogens with one attached hydrogen (secondary N) is 2. The molecular formula is C25H21N3O2. The summed E-state index contributed by atoms with van der Waals surface area (Å²) in [5.74, 6) is 1.01. The third kappa shape index (κ3) is 3.65. The highest BCUT2D eigenvalue weighted by Crippen LogP contribution is 2.32. The summed E-state index contributed by atoms with van der Waals surface area (Å²) in [4.78, 5) is 11.4. The van der Waals surface area contributed by atoms with Crippen LogP contribution < -0.4 is 4.74 Å². The van der Waals surface area contributed by atoms with Gasteiger partial charge in [0.1, 0.15) is 18.1 Å². The number of nitrogens with zero attached hydrogens (tertiary/aromatic N) is 1. The topological polar surface area (TPSA) is 73.4 Å². The van der Waals surface area contributed by atoms with Gasteiger partial charge in [0.15, 0.2) is 0 Å². The lowest BCUT2D eigenvalue weighted by Crippen LogP contribution is -1.95. The van der Waals surface area contributed by atoms with Gasteiger partial charge in [-0.2, -0.15) is 0 Å². The third-order valence-corrected chi connectivity index (χ3v) is 5.03. The molecule has 3 N–H and O–H groups in total. The van der Waals surface area contributed by atoms with Gasteiger partial charge in [0.2, 0.25) is 0 Å². The number of H-pyrrole nitrogens is 2. The van der Waals surface area contributed by atoms with Crippen LogP contribution in [-0.4, -0.2) is 20.8 Å². The number of aliphatic imine (C=N–C) groups is 1. The fraction of sp³-hybridized carbons (Fsp3) is 0.0800. The molecule has 148 valence electrons. The van der Waals surface area contributed by atoms with E-state index in [0.29, 0.717) is 6.61 Å². The van der Waals surface area contributed by atoms with Crippen molar-refractivity contribution in [2.75, 3.05) is 0 Å². The number of ether oxygens (including phenoxy) is 1. The molecule has 5 heteroatoms. The van der Waals surface area contributed by atoms with Crippen molar-refractivity contribution in [2.24, 2.45) is 4.99 Å². The summed E-state index contributed by atoms with van der Waals surface area (Å²) in [5.41, 5.74) is 6.62. The van der Waals surface area contributed by atoms with Crippen LogP contribution in [0.15, 0.2) is 83.5 Å². The van der Waals surface area contributed by atoms with Crippen LogP contribution in [0.25, 0.3) is 28.4 Å². The minimum atomic E-state index is 0.248. The molecule has 0 bridgehead atoms. The SMILES string of the molecule is CC1=NC(=Cc2[nH]c(-c3cc4cc(O)ccc4[nH]3)cc2OCc2ccccc2)C=C1. The Balaban J connectivity index is 1.52. The maximum absolute atomic E-state index is 9.75. The van der Waals surface area contributed by atoms with E-state index in [4.69, 9.17) is 4.74 Å². The normalized spacial score (nSPS) is 14.6. The second-order valence-corrected chi connectivity index (χ2v) is 7.35. The Bertz CT molecular complexity index is 1310. The van der Waals surface area contributed by atoms with Gasteiger partial charge in [0, 0.05) is 22.7 Å². The number of aromatic amines is 2. The molecule has 0 radical (unpaired) electrons. The van der Waals surface area contributed by atoms with Crippen molar-refractivity contribution in [3.63, 3.8) is 0 Å². The van der Waals surface area contributed by atoms with Gasteiger partial charge >= 0.3 is 0 Å². The molecule has 0 aliphatic carbocycles. The van der Waals surface area contributed by atoms with Crippen LogP contribution in [0.3, 0.4) is 0 Å². The molecule has 0 saturated carbocycles. The number of aromatic hydroxyl groups is 1. The van der Waals surface area contributed by atoms with Crippen molar-refractivity contribution in [3.05, 3.63) is 89.8 Å². The lowest BCUT2D eigenvalue weighted by atomic mass is 10.2. The second kappa shape index (κ2) is 7.44. The number of phenols is 1. The molecule has 0 fully saturated rings. The van der Waals surface area contributed by atoms with Crippen LogP contribution in [0.5, 0.6) is 11.5 Å². The molecule has 1 aliphatic heterocycles. The van der Waals surface area contributed by atoms with E-state index in [2.05, 4.69) is 15.0 Å². The number of phenolic OH excluding ortho intramolecular Hbond substituents is 1. The number of allylic oxidation sites excluding steroid dienone is 2. The zero-order valence-electron chi connectivity index (χ0n) is 16.5. The average molecular weight is 395 g/mol. The summed E-state index contributed by atoms with van der Waals surface area (Å²) < 4.78 is 6.15. The van der Waals surface area contributed by atoms with Crippen molar-refractivity contribution in [1.82, 2.24) is 9.97 Å². The summed E-state index contributed by atoms with van der Waals surface area (Å²) in [6.45, 7) is 2.46. The predicted molar refractivity (Wildman–Crippen MR) is 121 cm³/mol. The van der Waals surface area contributed by atoms with Crippen LogP contribution in [0.1, 0.15) is 18.2 Å². The number of fused-ring (bicyclic) bond motifs is 1. The molecule has 5 rings (SSSR count). The highest BCUT2D eigenvalue weighted by molar-refractivity contribution is 5.97. The Morgan fingerprint density at radius 2 is 1.80 bits per heavy atom. The van der Waals surface area contributed by atoms with Crippen molar-refractivity contribution >= 4 is 22.7 Å². The molecule has 2 aromatic heterocycles. The molecule has 0 amide bonds. The van der Waals surface area contributed by atoms with E-state index >= 15 is 0 Å². The first kappa shape index (κ1) is 18.1. The minimum Gasteiger partial charge on any atom is -0.508 e. The fourth-order valence-electron chi connectivity index (χ4n) is 3.54. The molecule has 1 aliphatic rings. The molecule has 5 nitrogen and oxygen atoms in total. The van der Waals surface area contributed by atoms with Gasteiger partial charge in [-0.15, -0.1) is 0 Å². The molecular weight excluding hydrogens is 374 g/mol. The maximum Gasteiger partial charge on any atom is 0.145 e. The Morgan fingerprint density at radius 1 is 0.967 bits per heavy atom. The predicted octanol–water partition coefficient (Wildman–Crippen LogP) is 5.82. The van der Waals surface area contributed by atoms with Crippen molar-refractivity contribution in [1.29, 1.82) is 0 Å². The summed E-state index contributed by atoms with van der Waals surface area (Å²) in [7, 11) is 0. The van der Waals surface area contributed by atoms with Gasteiger partial charge in [-0.05, 0) is 55.0 Å².